The van der Waals surface area contributed by atoms with Gasteiger partial charge in [0.25, 0.3) is 0 Å². The molecule has 0 saturated heterocycles. The van der Waals surface area contributed by atoms with Gasteiger partial charge in [0.15, 0.2) is 0 Å². The molecule has 0 amide bonds. The molecule has 2 aromatic rings. The second-order valence-electron chi connectivity index (χ2n) is 3.65. The molecule has 2 aromatic heterocycles. The van der Waals surface area contributed by atoms with Crippen molar-refractivity contribution in [1.29, 1.82) is 0 Å². The summed E-state index contributed by atoms with van der Waals surface area (Å²) in [4.78, 5) is 0. The fourth-order valence-corrected chi connectivity index (χ4v) is 1.38. The van der Waals surface area contributed by atoms with Gasteiger partial charge in [-0.3, -0.25) is 0 Å². The molecule has 1 aliphatic carbocycles. The molecule has 1 saturated carbocycles. The maximum atomic E-state index is 5.43. The van der Waals surface area contributed by atoms with Crippen molar-refractivity contribution in [3.05, 3.63) is 30.0 Å². The standard InChI is InChI=1S/C10H11N3O2/c1-2-8(14-5-1)6-11-10-13-12-9(15-10)7-3-4-7/h1-2,5,7H,3-4,6H2,(H,11,13). The summed E-state index contributed by atoms with van der Waals surface area (Å²) in [7, 11) is 0. The predicted molar refractivity (Wildman–Crippen MR) is 52.3 cm³/mol. The molecule has 0 unspecified atom stereocenters. The van der Waals surface area contributed by atoms with Gasteiger partial charge in [0, 0.05) is 5.92 Å². The summed E-state index contributed by atoms with van der Waals surface area (Å²) < 4.78 is 10.6. The Kier molecular flexibility index (Phi) is 1.94. The Morgan fingerprint density at radius 1 is 1.40 bits per heavy atom. The first-order chi connectivity index (χ1) is 7.42. The maximum absolute atomic E-state index is 5.43. The Balaban J connectivity index is 1.61. The van der Waals surface area contributed by atoms with E-state index in [0.29, 0.717) is 18.5 Å². The molecule has 15 heavy (non-hydrogen) atoms. The van der Waals surface area contributed by atoms with Crippen molar-refractivity contribution in [1.82, 2.24) is 10.2 Å². The normalized spacial score (nSPS) is 15.5. The van der Waals surface area contributed by atoms with Gasteiger partial charge < -0.3 is 14.2 Å². The lowest BCUT2D eigenvalue weighted by Crippen LogP contribution is -1.97. The monoisotopic (exact) mass is 205 g/mol. The summed E-state index contributed by atoms with van der Waals surface area (Å²) >= 11 is 0. The summed E-state index contributed by atoms with van der Waals surface area (Å²) in [5.74, 6) is 2.09. The van der Waals surface area contributed by atoms with Gasteiger partial charge in [-0.15, -0.1) is 5.10 Å². The third-order valence-electron chi connectivity index (χ3n) is 2.36. The number of aromatic nitrogens is 2. The van der Waals surface area contributed by atoms with Crippen LogP contribution in [0.1, 0.15) is 30.4 Å². The minimum Gasteiger partial charge on any atom is -0.467 e. The fourth-order valence-electron chi connectivity index (χ4n) is 1.38. The van der Waals surface area contributed by atoms with E-state index in [1.54, 1.807) is 6.26 Å². The third-order valence-corrected chi connectivity index (χ3v) is 2.36. The molecule has 0 radical (unpaired) electrons. The lowest BCUT2D eigenvalue weighted by atomic mass is 10.4. The predicted octanol–water partition coefficient (Wildman–Crippen LogP) is 2.15. The molecule has 0 spiro atoms. The van der Waals surface area contributed by atoms with Gasteiger partial charge >= 0.3 is 6.01 Å². The highest BCUT2D eigenvalue weighted by Gasteiger charge is 2.29. The van der Waals surface area contributed by atoms with Gasteiger partial charge in [0.2, 0.25) is 5.89 Å². The highest BCUT2D eigenvalue weighted by Crippen LogP contribution is 2.39. The molecule has 2 heterocycles. The van der Waals surface area contributed by atoms with Crippen molar-refractivity contribution in [2.75, 3.05) is 5.32 Å². The molecular formula is C10H11N3O2. The zero-order valence-electron chi connectivity index (χ0n) is 8.14. The van der Waals surface area contributed by atoms with Crippen molar-refractivity contribution >= 4 is 6.01 Å². The number of anilines is 1. The molecule has 1 fully saturated rings. The van der Waals surface area contributed by atoms with Crippen molar-refractivity contribution in [3.63, 3.8) is 0 Å². The van der Waals surface area contributed by atoms with Crippen LogP contribution in [0.2, 0.25) is 0 Å². The van der Waals surface area contributed by atoms with Crippen LogP contribution in [0.4, 0.5) is 6.01 Å². The van der Waals surface area contributed by atoms with E-state index in [1.807, 2.05) is 12.1 Å². The zero-order valence-corrected chi connectivity index (χ0v) is 8.14. The summed E-state index contributed by atoms with van der Waals surface area (Å²) in [6.07, 6.45) is 3.97. The zero-order chi connectivity index (χ0) is 10.1. The lowest BCUT2D eigenvalue weighted by Gasteiger charge is -1.96. The molecular weight excluding hydrogens is 194 g/mol. The molecule has 3 rings (SSSR count). The summed E-state index contributed by atoms with van der Waals surface area (Å²) in [6.45, 7) is 0.569. The van der Waals surface area contributed by atoms with Crippen LogP contribution >= 0.6 is 0 Å². The average molecular weight is 205 g/mol. The molecule has 0 aliphatic heterocycles. The van der Waals surface area contributed by atoms with Gasteiger partial charge in [-0.2, -0.15) is 0 Å². The minimum absolute atomic E-state index is 0.466. The molecule has 1 N–H and O–H groups in total. The highest BCUT2D eigenvalue weighted by atomic mass is 16.4. The largest absolute Gasteiger partial charge is 0.467 e. The average Bonchev–Trinajstić information content (AvgIpc) is 2.82. The van der Waals surface area contributed by atoms with Crippen molar-refractivity contribution < 1.29 is 8.83 Å². The molecule has 78 valence electrons. The van der Waals surface area contributed by atoms with Gasteiger partial charge in [-0.25, -0.2) is 0 Å². The summed E-state index contributed by atoms with van der Waals surface area (Å²) in [5.41, 5.74) is 0. The first-order valence-electron chi connectivity index (χ1n) is 5.01. The Morgan fingerprint density at radius 2 is 2.33 bits per heavy atom. The molecule has 0 aromatic carbocycles. The first-order valence-corrected chi connectivity index (χ1v) is 5.01. The Bertz CT molecular complexity index is 431. The second-order valence-corrected chi connectivity index (χ2v) is 3.65. The van der Waals surface area contributed by atoms with Crippen molar-refractivity contribution in [2.45, 2.75) is 25.3 Å². The van der Waals surface area contributed by atoms with E-state index in [4.69, 9.17) is 8.83 Å². The van der Waals surface area contributed by atoms with E-state index in [0.717, 1.165) is 11.7 Å². The Hall–Kier alpha value is -1.78. The van der Waals surface area contributed by atoms with Crippen LogP contribution in [0.15, 0.2) is 27.2 Å². The van der Waals surface area contributed by atoms with E-state index >= 15 is 0 Å². The number of rotatable bonds is 4. The topological polar surface area (TPSA) is 64.1 Å². The maximum Gasteiger partial charge on any atom is 0.315 e. The van der Waals surface area contributed by atoms with Crippen LogP contribution in [-0.2, 0) is 6.54 Å². The smallest absolute Gasteiger partial charge is 0.315 e. The highest BCUT2D eigenvalue weighted by molar-refractivity contribution is 5.20. The van der Waals surface area contributed by atoms with Gasteiger partial charge in [0.05, 0.1) is 12.8 Å². The van der Waals surface area contributed by atoms with Crippen molar-refractivity contribution in [3.8, 4) is 0 Å². The fraction of sp³-hybridized carbons (Fsp3) is 0.400. The quantitative estimate of drug-likeness (QED) is 0.828. The van der Waals surface area contributed by atoms with Crippen LogP contribution < -0.4 is 5.32 Å². The Labute approximate surface area is 86.5 Å². The van der Waals surface area contributed by atoms with Crippen LogP contribution in [0.25, 0.3) is 0 Å². The number of hydrogen-bond acceptors (Lipinski definition) is 5. The SMILES string of the molecule is c1coc(CNc2nnc(C3CC3)o2)c1. The van der Waals surface area contributed by atoms with E-state index in [2.05, 4.69) is 15.5 Å². The number of furan rings is 1. The number of nitrogens with one attached hydrogen (secondary N) is 1. The third kappa shape index (κ3) is 1.86. The van der Waals surface area contributed by atoms with Crippen LogP contribution in [0.5, 0.6) is 0 Å². The molecule has 0 atom stereocenters. The van der Waals surface area contributed by atoms with Crippen LogP contribution in [-0.4, -0.2) is 10.2 Å². The van der Waals surface area contributed by atoms with E-state index in [1.165, 1.54) is 12.8 Å². The molecule has 5 heteroatoms. The van der Waals surface area contributed by atoms with Gasteiger partial charge in [-0.1, -0.05) is 5.10 Å². The van der Waals surface area contributed by atoms with Crippen LogP contribution in [0, 0.1) is 0 Å². The van der Waals surface area contributed by atoms with Gasteiger partial charge in [0.1, 0.15) is 5.76 Å². The first kappa shape index (κ1) is 8.52. The lowest BCUT2D eigenvalue weighted by molar-refractivity contribution is 0.492. The number of nitrogens with zero attached hydrogens (tertiary/aromatic N) is 2. The minimum atomic E-state index is 0.466. The van der Waals surface area contributed by atoms with Crippen molar-refractivity contribution in [2.24, 2.45) is 0 Å². The van der Waals surface area contributed by atoms with E-state index < -0.39 is 0 Å². The summed E-state index contributed by atoms with van der Waals surface area (Å²) in [5, 5.41) is 10.9. The van der Waals surface area contributed by atoms with Crippen LogP contribution in [0.3, 0.4) is 0 Å². The molecule has 1 aliphatic rings. The summed E-state index contributed by atoms with van der Waals surface area (Å²) in [6, 6.07) is 4.21. The second kappa shape index (κ2) is 3.42. The molecule has 0 bridgehead atoms. The Morgan fingerprint density at radius 3 is 3.07 bits per heavy atom. The number of hydrogen-bond donors (Lipinski definition) is 1. The van der Waals surface area contributed by atoms with E-state index in [9.17, 15) is 0 Å². The van der Waals surface area contributed by atoms with E-state index in [-0.39, 0.29) is 0 Å². The van der Waals surface area contributed by atoms with Gasteiger partial charge in [-0.05, 0) is 25.0 Å². The molecule has 5 nitrogen and oxygen atoms in total.